The van der Waals surface area contributed by atoms with E-state index in [1.54, 1.807) is 0 Å². The van der Waals surface area contributed by atoms with Crippen molar-refractivity contribution in [1.82, 2.24) is 9.80 Å². The van der Waals surface area contributed by atoms with Crippen molar-refractivity contribution in [3.8, 4) is 11.5 Å². The van der Waals surface area contributed by atoms with E-state index in [0.717, 1.165) is 24.6 Å². The molecule has 2 aromatic rings. The maximum Gasteiger partial charge on any atom is 0.193 e. The van der Waals surface area contributed by atoms with E-state index >= 15 is 0 Å². The van der Waals surface area contributed by atoms with Gasteiger partial charge < -0.3 is 19.3 Å². The molecule has 2 atom stereocenters. The van der Waals surface area contributed by atoms with E-state index in [2.05, 4.69) is 23.9 Å². The highest BCUT2D eigenvalue weighted by molar-refractivity contribution is 6.09. The van der Waals surface area contributed by atoms with Gasteiger partial charge in [0.15, 0.2) is 5.78 Å². The Morgan fingerprint density at radius 3 is 1.72 bits per heavy atom. The van der Waals surface area contributed by atoms with Crippen molar-refractivity contribution in [3.63, 3.8) is 0 Å². The van der Waals surface area contributed by atoms with Crippen LogP contribution in [0.2, 0.25) is 0 Å². The molecular formula is C27H36N2O3. The molecule has 4 rings (SSSR count). The molecule has 2 aliphatic rings. The van der Waals surface area contributed by atoms with Gasteiger partial charge in [-0.25, -0.2) is 0 Å². The second-order valence-corrected chi connectivity index (χ2v) is 9.55. The Labute approximate surface area is 192 Å². The molecule has 0 N–H and O–H groups in total. The highest BCUT2D eigenvalue weighted by Crippen LogP contribution is 2.23. The number of piperidine rings is 2. The summed E-state index contributed by atoms with van der Waals surface area (Å²) >= 11 is 0. The molecule has 172 valence electrons. The van der Waals surface area contributed by atoms with E-state index in [4.69, 9.17) is 9.47 Å². The van der Waals surface area contributed by atoms with Crippen molar-refractivity contribution in [2.24, 2.45) is 11.8 Å². The highest BCUT2D eigenvalue weighted by Gasteiger charge is 2.19. The lowest BCUT2D eigenvalue weighted by molar-refractivity contribution is 0.103. The van der Waals surface area contributed by atoms with Gasteiger partial charge >= 0.3 is 0 Å². The van der Waals surface area contributed by atoms with E-state index < -0.39 is 0 Å². The number of carbonyl (C=O) groups excluding carboxylic acids is 1. The van der Waals surface area contributed by atoms with Crippen LogP contribution in [0.25, 0.3) is 0 Å². The third kappa shape index (κ3) is 6.33. The number of hydrogen-bond donors (Lipinski definition) is 0. The van der Waals surface area contributed by atoms with Gasteiger partial charge in [0, 0.05) is 36.1 Å². The Kier molecular flexibility index (Phi) is 7.82. The van der Waals surface area contributed by atoms with Crippen molar-refractivity contribution in [2.45, 2.75) is 25.7 Å². The van der Waals surface area contributed by atoms with Gasteiger partial charge in [0.05, 0.1) is 13.2 Å². The van der Waals surface area contributed by atoms with Crippen LogP contribution in [0, 0.1) is 11.8 Å². The number of rotatable bonds is 8. The van der Waals surface area contributed by atoms with Gasteiger partial charge in [-0.15, -0.1) is 0 Å². The Balaban J connectivity index is 1.35. The molecule has 5 heteroatoms. The van der Waals surface area contributed by atoms with Crippen LogP contribution in [0.15, 0.2) is 48.5 Å². The van der Waals surface area contributed by atoms with Crippen molar-refractivity contribution >= 4 is 5.78 Å². The van der Waals surface area contributed by atoms with Crippen molar-refractivity contribution in [2.75, 3.05) is 53.5 Å². The third-order valence-corrected chi connectivity index (χ3v) is 6.61. The average molecular weight is 437 g/mol. The summed E-state index contributed by atoms with van der Waals surface area (Å²) in [6, 6.07) is 15.1. The maximum absolute atomic E-state index is 13.1. The lowest BCUT2D eigenvalue weighted by atomic mass is 9.99. The molecule has 2 fully saturated rings. The predicted molar refractivity (Wildman–Crippen MR) is 128 cm³/mol. The van der Waals surface area contributed by atoms with Gasteiger partial charge in [0.25, 0.3) is 0 Å². The van der Waals surface area contributed by atoms with E-state index in [0.29, 0.717) is 36.2 Å². The smallest absolute Gasteiger partial charge is 0.193 e. The Bertz CT molecular complexity index is 828. The van der Waals surface area contributed by atoms with Crippen LogP contribution in [0.5, 0.6) is 11.5 Å². The zero-order valence-corrected chi connectivity index (χ0v) is 19.5. The predicted octanol–water partition coefficient (Wildman–Crippen LogP) is 4.36. The number of ether oxygens (including phenoxy) is 2. The monoisotopic (exact) mass is 436 g/mol. The first-order valence-corrected chi connectivity index (χ1v) is 11.9. The number of nitrogens with zero attached hydrogens (tertiary/aromatic N) is 2. The SMILES string of the molecule is CN1CCCC(COc2cccc(C(=O)c3cccc(OCC4CCCN(C)C4)c3)c2)C1. The van der Waals surface area contributed by atoms with Crippen LogP contribution < -0.4 is 9.47 Å². The van der Waals surface area contributed by atoms with Crippen LogP contribution in [-0.2, 0) is 0 Å². The Hall–Kier alpha value is -2.37. The second-order valence-electron chi connectivity index (χ2n) is 9.55. The quantitative estimate of drug-likeness (QED) is 0.575. The fourth-order valence-electron chi connectivity index (χ4n) is 4.87. The summed E-state index contributed by atoms with van der Waals surface area (Å²) in [6.07, 6.45) is 4.84. The Morgan fingerprint density at radius 2 is 1.28 bits per heavy atom. The van der Waals surface area contributed by atoms with Crippen LogP contribution in [0.3, 0.4) is 0 Å². The van der Waals surface area contributed by atoms with Crippen molar-refractivity contribution in [3.05, 3.63) is 59.7 Å². The maximum atomic E-state index is 13.1. The van der Waals surface area contributed by atoms with E-state index in [1.165, 1.54) is 38.8 Å². The number of hydrogen-bond acceptors (Lipinski definition) is 5. The molecule has 2 aliphatic heterocycles. The highest BCUT2D eigenvalue weighted by atomic mass is 16.5. The van der Waals surface area contributed by atoms with Crippen LogP contribution >= 0.6 is 0 Å². The molecule has 32 heavy (non-hydrogen) atoms. The molecule has 0 saturated carbocycles. The summed E-state index contributed by atoms with van der Waals surface area (Å²) in [5, 5.41) is 0. The van der Waals surface area contributed by atoms with Gasteiger partial charge in [0.2, 0.25) is 0 Å². The fraction of sp³-hybridized carbons (Fsp3) is 0.519. The van der Waals surface area contributed by atoms with Crippen molar-refractivity contribution in [1.29, 1.82) is 0 Å². The summed E-state index contributed by atoms with van der Waals surface area (Å²) in [7, 11) is 4.33. The summed E-state index contributed by atoms with van der Waals surface area (Å²) in [6.45, 7) is 5.87. The largest absolute Gasteiger partial charge is 0.493 e. The third-order valence-electron chi connectivity index (χ3n) is 6.61. The summed E-state index contributed by atoms with van der Waals surface area (Å²) in [4.78, 5) is 17.8. The van der Waals surface area contributed by atoms with Gasteiger partial charge in [0.1, 0.15) is 11.5 Å². The molecule has 5 nitrogen and oxygen atoms in total. The second kappa shape index (κ2) is 11.0. The first kappa shape index (κ1) is 22.8. The molecule has 0 bridgehead atoms. The number of carbonyl (C=O) groups is 1. The molecule has 0 spiro atoms. The zero-order chi connectivity index (χ0) is 22.3. The first-order chi connectivity index (χ1) is 15.6. The fourth-order valence-corrected chi connectivity index (χ4v) is 4.87. The first-order valence-electron chi connectivity index (χ1n) is 11.9. The molecule has 2 heterocycles. The minimum Gasteiger partial charge on any atom is -0.493 e. The normalized spacial score (nSPS) is 22.4. The topological polar surface area (TPSA) is 42.0 Å². The van der Waals surface area contributed by atoms with E-state index in [9.17, 15) is 4.79 Å². The van der Waals surface area contributed by atoms with Crippen molar-refractivity contribution < 1.29 is 14.3 Å². The summed E-state index contributed by atoms with van der Waals surface area (Å²) in [5.74, 6) is 2.61. The van der Waals surface area contributed by atoms with E-state index in [-0.39, 0.29) is 5.78 Å². The van der Waals surface area contributed by atoms with Gasteiger partial charge in [-0.3, -0.25) is 4.79 Å². The zero-order valence-electron chi connectivity index (χ0n) is 19.5. The molecule has 0 radical (unpaired) electrons. The van der Waals surface area contributed by atoms with Crippen LogP contribution in [0.1, 0.15) is 41.6 Å². The molecule has 0 amide bonds. The average Bonchev–Trinajstić information content (AvgIpc) is 2.81. The van der Waals surface area contributed by atoms with Gasteiger partial charge in [-0.2, -0.15) is 0 Å². The Morgan fingerprint density at radius 1 is 0.812 bits per heavy atom. The minimum absolute atomic E-state index is 0.00398. The molecule has 2 saturated heterocycles. The number of likely N-dealkylation sites (tertiary alicyclic amines) is 2. The molecule has 2 unspecified atom stereocenters. The van der Waals surface area contributed by atoms with Crippen LogP contribution in [0.4, 0.5) is 0 Å². The molecule has 0 aromatic heterocycles. The summed E-state index contributed by atoms with van der Waals surface area (Å²) in [5.41, 5.74) is 1.30. The molecule has 0 aliphatic carbocycles. The standard InChI is InChI=1S/C27H36N2O3/c1-28-13-5-7-21(17-28)19-31-25-11-3-9-23(15-25)27(30)24-10-4-12-26(16-24)32-20-22-8-6-14-29(2)18-22/h3-4,9-12,15-16,21-22H,5-8,13-14,17-20H2,1-2H3. The van der Waals surface area contributed by atoms with Gasteiger partial charge in [-0.05, 0) is 77.1 Å². The lowest BCUT2D eigenvalue weighted by Crippen LogP contribution is -2.34. The minimum atomic E-state index is -0.00398. The van der Waals surface area contributed by atoms with E-state index in [1.807, 2.05) is 48.5 Å². The molecule has 2 aromatic carbocycles. The van der Waals surface area contributed by atoms with Crippen LogP contribution in [-0.4, -0.2) is 69.1 Å². The summed E-state index contributed by atoms with van der Waals surface area (Å²) < 4.78 is 12.1. The lowest BCUT2D eigenvalue weighted by Gasteiger charge is -2.29. The number of benzene rings is 2. The number of ketones is 1. The molecular weight excluding hydrogens is 400 g/mol. The van der Waals surface area contributed by atoms with Gasteiger partial charge in [-0.1, -0.05) is 24.3 Å².